The number of carboxylic acid groups (broad SMARTS) is 1. The third-order valence-electron chi connectivity index (χ3n) is 2.89. The number of carbonyl (C=O) groups is 1. The van der Waals surface area contributed by atoms with E-state index in [2.05, 4.69) is 6.92 Å². The van der Waals surface area contributed by atoms with Crippen LogP contribution in [0.5, 0.6) is 0 Å². The largest absolute Gasteiger partial charge is 0.481 e. The molecule has 0 heterocycles. The van der Waals surface area contributed by atoms with Gasteiger partial charge >= 0.3 is 5.97 Å². The Kier molecular flexibility index (Phi) is 10.5. The fourth-order valence-corrected chi connectivity index (χ4v) is 1.82. The summed E-state index contributed by atoms with van der Waals surface area (Å²) in [5.74, 6) is -0.679. The summed E-state index contributed by atoms with van der Waals surface area (Å²) >= 11 is 0. The molecule has 0 aromatic rings. The summed E-state index contributed by atoms with van der Waals surface area (Å²) in [6.45, 7) is 2.19. The smallest absolute Gasteiger partial charge is 0.303 e. The summed E-state index contributed by atoms with van der Waals surface area (Å²) in [7, 11) is 0. The molecule has 0 radical (unpaired) electrons. The van der Waals surface area contributed by atoms with E-state index < -0.39 is 5.97 Å². The molecule has 3 heteroatoms. The molecule has 0 aliphatic carbocycles. The Morgan fingerprint density at radius 1 is 1.06 bits per heavy atom. The summed E-state index contributed by atoms with van der Waals surface area (Å²) in [4.78, 5) is 10.3. The lowest BCUT2D eigenvalue weighted by Gasteiger charge is -2.10. The first-order valence-electron chi connectivity index (χ1n) is 6.64. The summed E-state index contributed by atoms with van der Waals surface area (Å²) < 4.78 is 0. The van der Waals surface area contributed by atoms with Gasteiger partial charge < -0.3 is 10.8 Å². The van der Waals surface area contributed by atoms with Crippen molar-refractivity contribution in [3.63, 3.8) is 0 Å². The van der Waals surface area contributed by atoms with Gasteiger partial charge in [-0.3, -0.25) is 4.79 Å². The number of rotatable bonds is 11. The van der Waals surface area contributed by atoms with E-state index >= 15 is 0 Å². The van der Waals surface area contributed by atoms with Crippen LogP contribution >= 0.6 is 0 Å². The maximum Gasteiger partial charge on any atom is 0.303 e. The predicted molar refractivity (Wildman–Crippen MR) is 67.5 cm³/mol. The van der Waals surface area contributed by atoms with E-state index in [4.69, 9.17) is 10.8 Å². The second-order valence-electron chi connectivity index (χ2n) is 4.60. The van der Waals surface area contributed by atoms with Crippen LogP contribution in [0.4, 0.5) is 0 Å². The number of aliphatic carboxylic acids is 1. The zero-order chi connectivity index (χ0) is 12.2. The molecule has 0 bridgehead atoms. The summed E-state index contributed by atoms with van der Waals surface area (Å²) in [5.41, 5.74) is 5.96. The monoisotopic (exact) mass is 229 g/mol. The van der Waals surface area contributed by atoms with Gasteiger partial charge in [0, 0.05) is 12.5 Å². The summed E-state index contributed by atoms with van der Waals surface area (Å²) in [6, 6.07) is 0.374. The van der Waals surface area contributed by atoms with E-state index in [1.54, 1.807) is 0 Å². The second-order valence-corrected chi connectivity index (χ2v) is 4.60. The lowest BCUT2D eigenvalue weighted by Crippen LogP contribution is -2.19. The van der Waals surface area contributed by atoms with E-state index in [1.807, 2.05) is 0 Å². The van der Waals surface area contributed by atoms with Crippen molar-refractivity contribution < 1.29 is 9.90 Å². The average Bonchev–Trinajstić information content (AvgIpc) is 2.24. The Morgan fingerprint density at radius 3 is 2.25 bits per heavy atom. The van der Waals surface area contributed by atoms with Crippen LogP contribution in [0.25, 0.3) is 0 Å². The standard InChI is InChI=1S/C13H27NO2/c1-2-3-9-12(14)10-7-5-4-6-8-11-13(15)16/h12H,2-11,14H2,1H3,(H,15,16). The molecule has 1 atom stereocenters. The second kappa shape index (κ2) is 10.9. The molecule has 0 aromatic heterocycles. The molecule has 0 aliphatic heterocycles. The van der Waals surface area contributed by atoms with Crippen molar-refractivity contribution >= 4 is 5.97 Å². The van der Waals surface area contributed by atoms with Crippen LogP contribution in [-0.2, 0) is 4.79 Å². The molecule has 1 unspecified atom stereocenters. The maximum absolute atomic E-state index is 10.3. The highest BCUT2D eigenvalue weighted by atomic mass is 16.4. The van der Waals surface area contributed by atoms with Crippen molar-refractivity contribution in [1.29, 1.82) is 0 Å². The molecule has 0 amide bonds. The Morgan fingerprint density at radius 2 is 1.62 bits per heavy atom. The van der Waals surface area contributed by atoms with Crippen LogP contribution < -0.4 is 5.73 Å². The van der Waals surface area contributed by atoms with Crippen LogP contribution in [0.1, 0.15) is 71.1 Å². The molecule has 0 rings (SSSR count). The molecule has 0 fully saturated rings. The highest BCUT2D eigenvalue weighted by Crippen LogP contribution is 2.10. The minimum absolute atomic E-state index is 0.315. The van der Waals surface area contributed by atoms with E-state index in [1.165, 1.54) is 25.7 Å². The van der Waals surface area contributed by atoms with Crippen molar-refractivity contribution in [2.24, 2.45) is 5.73 Å². The van der Waals surface area contributed by atoms with Crippen molar-refractivity contribution in [3.8, 4) is 0 Å². The molecular weight excluding hydrogens is 202 g/mol. The van der Waals surface area contributed by atoms with Crippen molar-refractivity contribution in [3.05, 3.63) is 0 Å². The first-order valence-corrected chi connectivity index (χ1v) is 6.64. The first-order chi connectivity index (χ1) is 7.66. The molecule has 96 valence electrons. The molecule has 0 spiro atoms. The quantitative estimate of drug-likeness (QED) is 0.534. The number of carboxylic acids is 1. The normalized spacial score (nSPS) is 12.6. The van der Waals surface area contributed by atoms with Crippen molar-refractivity contribution in [2.75, 3.05) is 0 Å². The number of nitrogens with two attached hydrogens (primary N) is 1. The van der Waals surface area contributed by atoms with Gasteiger partial charge in [-0.1, -0.05) is 45.4 Å². The van der Waals surface area contributed by atoms with Gasteiger partial charge in [-0.15, -0.1) is 0 Å². The molecular formula is C13H27NO2. The Labute approximate surface area is 99.4 Å². The van der Waals surface area contributed by atoms with Crippen LogP contribution in [0, 0.1) is 0 Å². The van der Waals surface area contributed by atoms with Gasteiger partial charge in [-0.05, 0) is 19.3 Å². The Balaban J connectivity index is 3.11. The van der Waals surface area contributed by atoms with E-state index in [0.29, 0.717) is 12.5 Å². The minimum Gasteiger partial charge on any atom is -0.481 e. The molecule has 3 N–H and O–H groups in total. The van der Waals surface area contributed by atoms with Gasteiger partial charge in [0.15, 0.2) is 0 Å². The van der Waals surface area contributed by atoms with Gasteiger partial charge in [0.1, 0.15) is 0 Å². The van der Waals surface area contributed by atoms with E-state index in [9.17, 15) is 4.79 Å². The lowest BCUT2D eigenvalue weighted by atomic mass is 10.0. The average molecular weight is 229 g/mol. The third kappa shape index (κ3) is 11.5. The van der Waals surface area contributed by atoms with Crippen LogP contribution in [-0.4, -0.2) is 17.1 Å². The van der Waals surface area contributed by atoms with Gasteiger partial charge in [-0.2, -0.15) is 0 Å². The van der Waals surface area contributed by atoms with E-state index in [-0.39, 0.29) is 0 Å². The SMILES string of the molecule is CCCCC(N)CCCCCCCC(=O)O. The zero-order valence-corrected chi connectivity index (χ0v) is 10.6. The van der Waals surface area contributed by atoms with Gasteiger partial charge in [-0.25, -0.2) is 0 Å². The van der Waals surface area contributed by atoms with Crippen LogP contribution in [0.15, 0.2) is 0 Å². The molecule has 0 aromatic carbocycles. The topological polar surface area (TPSA) is 63.3 Å². The zero-order valence-electron chi connectivity index (χ0n) is 10.6. The van der Waals surface area contributed by atoms with Crippen molar-refractivity contribution in [1.82, 2.24) is 0 Å². The highest BCUT2D eigenvalue weighted by molar-refractivity contribution is 5.66. The number of unbranched alkanes of at least 4 members (excludes halogenated alkanes) is 5. The van der Waals surface area contributed by atoms with Crippen LogP contribution in [0.2, 0.25) is 0 Å². The van der Waals surface area contributed by atoms with E-state index in [0.717, 1.165) is 32.1 Å². The maximum atomic E-state index is 10.3. The Bertz CT molecular complexity index is 171. The summed E-state index contributed by atoms with van der Waals surface area (Å²) in [6.07, 6.45) is 10.4. The fourth-order valence-electron chi connectivity index (χ4n) is 1.82. The number of hydrogen-bond donors (Lipinski definition) is 2. The lowest BCUT2D eigenvalue weighted by molar-refractivity contribution is -0.137. The number of hydrogen-bond acceptors (Lipinski definition) is 2. The molecule has 0 saturated carbocycles. The third-order valence-corrected chi connectivity index (χ3v) is 2.89. The Hall–Kier alpha value is -0.570. The summed E-state index contributed by atoms with van der Waals surface area (Å²) in [5, 5.41) is 8.45. The molecule has 0 saturated heterocycles. The fraction of sp³-hybridized carbons (Fsp3) is 0.923. The molecule has 3 nitrogen and oxygen atoms in total. The van der Waals surface area contributed by atoms with Gasteiger partial charge in [0.2, 0.25) is 0 Å². The van der Waals surface area contributed by atoms with Crippen molar-refractivity contribution in [2.45, 2.75) is 77.2 Å². The van der Waals surface area contributed by atoms with Gasteiger partial charge in [0.05, 0.1) is 0 Å². The molecule has 16 heavy (non-hydrogen) atoms. The first kappa shape index (κ1) is 15.4. The molecule has 0 aliphatic rings. The van der Waals surface area contributed by atoms with Gasteiger partial charge in [0.25, 0.3) is 0 Å². The highest BCUT2D eigenvalue weighted by Gasteiger charge is 2.01. The minimum atomic E-state index is -0.679. The predicted octanol–water partition coefficient (Wildman–Crippen LogP) is 3.32. The van der Waals surface area contributed by atoms with Crippen LogP contribution in [0.3, 0.4) is 0 Å².